The van der Waals surface area contributed by atoms with E-state index in [1.54, 1.807) is 12.4 Å². The zero-order valence-electron chi connectivity index (χ0n) is 9.32. The first kappa shape index (κ1) is 10.8. The predicted molar refractivity (Wildman–Crippen MR) is 69.8 cm³/mol. The number of aromatic nitrogens is 5. The van der Waals surface area contributed by atoms with Gasteiger partial charge in [-0.25, -0.2) is 9.97 Å². The van der Waals surface area contributed by atoms with Crippen molar-refractivity contribution in [2.24, 2.45) is 0 Å². The van der Waals surface area contributed by atoms with E-state index in [0.717, 1.165) is 17.1 Å². The molecule has 0 amide bonds. The lowest BCUT2D eigenvalue weighted by Crippen LogP contribution is -1.98. The highest BCUT2D eigenvalue weighted by atomic mass is 32.1. The predicted octanol–water partition coefficient (Wildman–Crippen LogP) is 2.39. The van der Waals surface area contributed by atoms with E-state index in [1.807, 2.05) is 34.9 Å². The highest BCUT2D eigenvalue weighted by molar-refractivity contribution is 7.71. The van der Waals surface area contributed by atoms with E-state index < -0.39 is 0 Å². The number of benzene rings is 1. The molecule has 0 aliphatic rings. The maximum Gasteiger partial charge on any atom is 0.200 e. The average molecular weight is 255 g/mol. The minimum Gasteiger partial charge on any atom is -0.265 e. The van der Waals surface area contributed by atoms with Gasteiger partial charge in [0.05, 0.1) is 18.1 Å². The third kappa shape index (κ3) is 1.82. The fourth-order valence-corrected chi connectivity index (χ4v) is 1.96. The first-order valence-electron chi connectivity index (χ1n) is 5.34. The number of rotatable bonds is 2. The minimum atomic E-state index is 0.517. The summed E-state index contributed by atoms with van der Waals surface area (Å²) in [4.78, 5) is 7.99. The van der Waals surface area contributed by atoms with Crippen LogP contribution in [0.5, 0.6) is 0 Å². The van der Waals surface area contributed by atoms with Crippen LogP contribution in [0.3, 0.4) is 0 Å². The molecule has 0 spiro atoms. The maximum absolute atomic E-state index is 5.24. The molecule has 0 atom stereocenters. The summed E-state index contributed by atoms with van der Waals surface area (Å²) in [5.41, 5.74) is 1.77. The molecule has 2 heterocycles. The van der Waals surface area contributed by atoms with Gasteiger partial charge in [-0.15, -0.1) is 0 Å². The lowest BCUT2D eigenvalue weighted by atomic mass is 10.2. The first-order chi connectivity index (χ1) is 8.86. The van der Waals surface area contributed by atoms with Crippen molar-refractivity contribution in [3.63, 3.8) is 0 Å². The molecule has 18 heavy (non-hydrogen) atoms. The van der Waals surface area contributed by atoms with Crippen LogP contribution in [0, 0.1) is 4.77 Å². The average Bonchev–Trinajstić information content (AvgIpc) is 2.83. The molecule has 88 valence electrons. The van der Waals surface area contributed by atoms with Crippen LogP contribution in [0.4, 0.5) is 0 Å². The third-order valence-electron chi connectivity index (χ3n) is 2.51. The van der Waals surface area contributed by atoms with Gasteiger partial charge in [0.2, 0.25) is 0 Å². The molecule has 6 heteroatoms. The summed E-state index contributed by atoms with van der Waals surface area (Å²) in [6, 6.07) is 9.83. The van der Waals surface area contributed by atoms with Gasteiger partial charge in [0.1, 0.15) is 6.33 Å². The number of nitrogens with one attached hydrogen (secondary N) is 1. The van der Waals surface area contributed by atoms with Gasteiger partial charge in [0, 0.05) is 5.56 Å². The van der Waals surface area contributed by atoms with E-state index >= 15 is 0 Å². The SMILES string of the molecule is S=c1[nH]nc(-c2ccccc2)n1-c1cncnc1. The van der Waals surface area contributed by atoms with Crippen LogP contribution < -0.4 is 0 Å². The molecule has 0 saturated carbocycles. The number of H-pyrrole nitrogens is 1. The quantitative estimate of drug-likeness (QED) is 0.714. The van der Waals surface area contributed by atoms with Crippen molar-refractivity contribution in [2.75, 3.05) is 0 Å². The zero-order valence-corrected chi connectivity index (χ0v) is 10.1. The summed E-state index contributed by atoms with van der Waals surface area (Å²) in [6.07, 6.45) is 4.88. The normalized spacial score (nSPS) is 10.4. The molecular weight excluding hydrogens is 246 g/mol. The third-order valence-corrected chi connectivity index (χ3v) is 2.78. The van der Waals surface area contributed by atoms with Crippen LogP contribution in [0.2, 0.25) is 0 Å². The van der Waals surface area contributed by atoms with Crippen molar-refractivity contribution in [2.45, 2.75) is 0 Å². The second kappa shape index (κ2) is 4.50. The summed E-state index contributed by atoms with van der Waals surface area (Å²) in [7, 11) is 0. The van der Waals surface area contributed by atoms with Crippen LogP contribution in [0.15, 0.2) is 49.1 Å². The van der Waals surface area contributed by atoms with E-state index in [-0.39, 0.29) is 0 Å². The molecule has 0 aliphatic heterocycles. The molecule has 0 bridgehead atoms. The molecule has 1 aromatic carbocycles. The van der Waals surface area contributed by atoms with Crippen LogP contribution in [-0.4, -0.2) is 24.7 Å². The van der Waals surface area contributed by atoms with Crippen molar-refractivity contribution in [1.82, 2.24) is 24.7 Å². The number of hydrogen-bond acceptors (Lipinski definition) is 4. The Kier molecular flexibility index (Phi) is 2.70. The standard InChI is InChI=1S/C12H9N5S/c18-12-16-15-11(9-4-2-1-3-5-9)17(12)10-6-13-8-14-7-10/h1-8H,(H,16,18). The summed E-state index contributed by atoms with van der Waals surface area (Å²) in [6.45, 7) is 0. The molecule has 0 aliphatic carbocycles. The van der Waals surface area contributed by atoms with Crippen molar-refractivity contribution < 1.29 is 0 Å². The van der Waals surface area contributed by atoms with Gasteiger partial charge >= 0.3 is 0 Å². The fourth-order valence-electron chi connectivity index (χ4n) is 1.72. The van der Waals surface area contributed by atoms with Crippen molar-refractivity contribution in [1.29, 1.82) is 0 Å². The lowest BCUT2D eigenvalue weighted by molar-refractivity contribution is 0.995. The highest BCUT2D eigenvalue weighted by Gasteiger charge is 2.10. The van der Waals surface area contributed by atoms with Crippen LogP contribution in [0.25, 0.3) is 17.1 Å². The van der Waals surface area contributed by atoms with E-state index in [4.69, 9.17) is 12.2 Å². The Labute approximate surface area is 108 Å². The van der Waals surface area contributed by atoms with Gasteiger partial charge in [-0.1, -0.05) is 30.3 Å². The van der Waals surface area contributed by atoms with Crippen molar-refractivity contribution >= 4 is 12.2 Å². The molecule has 2 aromatic heterocycles. The van der Waals surface area contributed by atoms with E-state index in [2.05, 4.69) is 20.2 Å². The maximum atomic E-state index is 5.24. The van der Waals surface area contributed by atoms with Gasteiger partial charge in [-0.05, 0) is 12.2 Å². The Morgan fingerprint density at radius 2 is 1.78 bits per heavy atom. The monoisotopic (exact) mass is 255 g/mol. The Morgan fingerprint density at radius 1 is 1.06 bits per heavy atom. The summed E-state index contributed by atoms with van der Waals surface area (Å²) in [5.74, 6) is 0.746. The van der Waals surface area contributed by atoms with Crippen molar-refractivity contribution in [3.05, 3.63) is 53.8 Å². The second-order valence-corrected chi connectivity index (χ2v) is 4.04. The van der Waals surface area contributed by atoms with Crippen LogP contribution in [-0.2, 0) is 0 Å². The molecule has 0 radical (unpaired) electrons. The molecule has 5 nitrogen and oxygen atoms in total. The second-order valence-electron chi connectivity index (χ2n) is 3.65. The summed E-state index contributed by atoms with van der Waals surface area (Å²) >= 11 is 5.24. The van der Waals surface area contributed by atoms with E-state index in [1.165, 1.54) is 6.33 Å². The van der Waals surface area contributed by atoms with Gasteiger partial charge in [0.15, 0.2) is 10.6 Å². The van der Waals surface area contributed by atoms with E-state index in [9.17, 15) is 0 Å². The zero-order chi connectivity index (χ0) is 12.4. The van der Waals surface area contributed by atoms with Crippen LogP contribution >= 0.6 is 12.2 Å². The minimum absolute atomic E-state index is 0.517. The van der Waals surface area contributed by atoms with Crippen LogP contribution in [0.1, 0.15) is 0 Å². The smallest absolute Gasteiger partial charge is 0.200 e. The van der Waals surface area contributed by atoms with Crippen molar-refractivity contribution in [3.8, 4) is 17.1 Å². The highest BCUT2D eigenvalue weighted by Crippen LogP contribution is 2.19. The number of aromatic amines is 1. The lowest BCUT2D eigenvalue weighted by Gasteiger charge is -2.05. The van der Waals surface area contributed by atoms with Gasteiger partial charge in [-0.2, -0.15) is 5.10 Å². The van der Waals surface area contributed by atoms with Gasteiger partial charge in [0.25, 0.3) is 0 Å². The summed E-state index contributed by atoms with van der Waals surface area (Å²) < 4.78 is 2.33. The fraction of sp³-hybridized carbons (Fsp3) is 0. The molecule has 0 saturated heterocycles. The molecule has 0 fully saturated rings. The molecule has 0 unspecified atom stereocenters. The Morgan fingerprint density at radius 3 is 2.50 bits per heavy atom. The largest absolute Gasteiger partial charge is 0.265 e. The van der Waals surface area contributed by atoms with E-state index in [0.29, 0.717) is 4.77 Å². The topological polar surface area (TPSA) is 59.4 Å². The Hall–Kier alpha value is -2.34. The van der Waals surface area contributed by atoms with Gasteiger partial charge < -0.3 is 0 Å². The Bertz CT molecular complexity index is 702. The molecule has 3 rings (SSSR count). The van der Waals surface area contributed by atoms with Gasteiger partial charge in [-0.3, -0.25) is 9.67 Å². The number of hydrogen-bond donors (Lipinski definition) is 1. The Balaban J connectivity index is 2.23. The molecule has 1 N–H and O–H groups in total. The number of nitrogens with zero attached hydrogens (tertiary/aromatic N) is 4. The first-order valence-corrected chi connectivity index (χ1v) is 5.75. The summed E-state index contributed by atoms with van der Waals surface area (Å²) in [5, 5.41) is 7.05. The molecular formula is C12H9N5S. The molecule has 3 aromatic rings.